The predicted octanol–water partition coefficient (Wildman–Crippen LogP) is 4.95. The van der Waals surface area contributed by atoms with E-state index in [0.717, 1.165) is 20.6 Å². The van der Waals surface area contributed by atoms with Gasteiger partial charge in [0.2, 0.25) is 5.91 Å². The Kier molecular flexibility index (Phi) is 7.17. The van der Waals surface area contributed by atoms with Crippen molar-refractivity contribution in [3.63, 3.8) is 0 Å². The third kappa shape index (κ3) is 4.88. The van der Waals surface area contributed by atoms with Crippen molar-refractivity contribution in [1.29, 1.82) is 0 Å². The number of furan rings is 1. The number of rotatable bonds is 10. The van der Waals surface area contributed by atoms with Gasteiger partial charge in [-0.2, -0.15) is 0 Å². The quantitative estimate of drug-likeness (QED) is 0.201. The normalized spacial score (nSPS) is 13.1. The summed E-state index contributed by atoms with van der Waals surface area (Å²) >= 11 is -2.83. The Balaban J connectivity index is 1.34. The third-order valence-corrected chi connectivity index (χ3v) is 7.43. The van der Waals surface area contributed by atoms with Crippen molar-refractivity contribution < 1.29 is 27.9 Å². The second-order valence-corrected chi connectivity index (χ2v) is 9.86. The molecule has 1 N–H and O–H groups in total. The number of nitrogens with zero attached hydrogens (tertiary/aromatic N) is 3. The first kappa shape index (κ1) is 25.5. The van der Waals surface area contributed by atoms with E-state index in [4.69, 9.17) is 4.42 Å². The monoisotopic (exact) mass is 532 g/mol. The first-order valence-electron chi connectivity index (χ1n) is 12.2. The van der Waals surface area contributed by atoms with Gasteiger partial charge >= 0.3 is 5.97 Å². The molecule has 0 fully saturated rings. The van der Waals surface area contributed by atoms with Crippen LogP contribution in [0.3, 0.4) is 0 Å². The molecule has 5 rings (SSSR count). The van der Waals surface area contributed by atoms with E-state index >= 15 is 0 Å². The van der Waals surface area contributed by atoms with E-state index in [1.165, 1.54) is 6.92 Å². The summed E-state index contributed by atoms with van der Waals surface area (Å²) in [5.41, 5.74) is 2.38. The summed E-state index contributed by atoms with van der Waals surface area (Å²) in [7, 11) is 0. The number of fused-ring (bicyclic) bond motifs is 4. The summed E-state index contributed by atoms with van der Waals surface area (Å²) in [6, 6.07) is 20.6. The van der Waals surface area contributed by atoms with Crippen LogP contribution in [0.1, 0.15) is 26.2 Å². The maximum absolute atomic E-state index is 12.4. The predicted molar refractivity (Wildman–Crippen MR) is 146 cm³/mol. The average molecular weight is 533 g/mol. The van der Waals surface area contributed by atoms with Crippen LogP contribution < -0.4 is 9.31 Å². The standard InChI is InChI=1S/C28H27N3O6S/c1-19(32)29(30-17-15-20-8-2-4-10-24(20)30)16-7-6-11-25(28(33)34)31(38(35)36)21-13-14-27-23(18-21)22-9-3-5-12-26(22)37-27/h2-5,8-10,12-15,17-18,25H,6-7,11,16H2,1H3,(H,33,34)(H,35,36)/p-1. The lowest BCUT2D eigenvalue weighted by molar-refractivity contribution is -0.138. The molecule has 2 heterocycles. The van der Waals surface area contributed by atoms with Crippen LogP contribution >= 0.6 is 0 Å². The molecule has 1 amide bonds. The number of hydrogen-bond acceptors (Lipinski definition) is 5. The minimum Gasteiger partial charge on any atom is -0.755 e. The minimum absolute atomic E-state index is 0.0751. The maximum Gasteiger partial charge on any atom is 0.327 e. The van der Waals surface area contributed by atoms with Crippen molar-refractivity contribution in [1.82, 2.24) is 4.68 Å². The van der Waals surface area contributed by atoms with Crippen LogP contribution in [0.15, 0.2) is 83.4 Å². The number of carbonyl (C=O) groups is 2. The number of para-hydroxylation sites is 2. The molecule has 0 aliphatic heterocycles. The summed E-state index contributed by atoms with van der Waals surface area (Å²) in [4.78, 5) is 24.6. The Labute approximate surface area is 221 Å². The van der Waals surface area contributed by atoms with Crippen molar-refractivity contribution >= 4 is 61.7 Å². The van der Waals surface area contributed by atoms with Gasteiger partial charge in [-0.05, 0) is 55.7 Å². The highest BCUT2D eigenvalue weighted by Crippen LogP contribution is 2.33. The molecule has 0 bridgehead atoms. The first-order valence-corrected chi connectivity index (χ1v) is 13.3. The second-order valence-electron chi connectivity index (χ2n) is 9.03. The fourth-order valence-electron chi connectivity index (χ4n) is 4.86. The smallest absolute Gasteiger partial charge is 0.327 e. The topological polar surface area (TPSA) is 119 Å². The number of anilines is 1. The highest BCUT2D eigenvalue weighted by atomic mass is 32.2. The molecule has 2 atom stereocenters. The molecule has 0 saturated carbocycles. The fraction of sp³-hybridized carbons (Fsp3) is 0.214. The van der Waals surface area contributed by atoms with E-state index < -0.39 is 23.3 Å². The molecular formula is C28H26N3O6S-. The molecule has 0 aliphatic carbocycles. The zero-order valence-corrected chi connectivity index (χ0v) is 21.5. The van der Waals surface area contributed by atoms with Gasteiger partial charge in [-0.1, -0.05) is 36.4 Å². The van der Waals surface area contributed by atoms with Crippen LogP contribution in [0.25, 0.3) is 32.8 Å². The SMILES string of the molecule is CC(=O)N(CCCCC(C(=O)O)N(c1ccc2oc3ccccc3c2c1)S(=O)[O-])n1ccc2ccccc21. The summed E-state index contributed by atoms with van der Waals surface area (Å²) < 4.78 is 33.0. The number of carboxylic acid groups (broad SMARTS) is 1. The maximum atomic E-state index is 12.4. The second kappa shape index (κ2) is 10.7. The lowest BCUT2D eigenvalue weighted by Crippen LogP contribution is -2.43. The Morgan fingerprint density at radius 3 is 2.50 bits per heavy atom. The lowest BCUT2D eigenvalue weighted by Gasteiger charge is -2.32. The molecule has 9 nitrogen and oxygen atoms in total. The van der Waals surface area contributed by atoms with Crippen LogP contribution in [-0.4, -0.2) is 43.0 Å². The van der Waals surface area contributed by atoms with E-state index in [2.05, 4.69) is 0 Å². The largest absolute Gasteiger partial charge is 0.755 e. The van der Waals surface area contributed by atoms with Gasteiger partial charge in [0.05, 0.1) is 11.2 Å². The van der Waals surface area contributed by atoms with Crippen LogP contribution in [0.2, 0.25) is 0 Å². The first-order chi connectivity index (χ1) is 18.3. The number of unbranched alkanes of at least 4 members (excludes halogenated alkanes) is 1. The molecule has 5 aromatic rings. The Morgan fingerprint density at radius 1 is 1.00 bits per heavy atom. The summed E-state index contributed by atoms with van der Waals surface area (Å²) in [5.74, 6) is -1.39. The van der Waals surface area contributed by atoms with E-state index in [-0.39, 0.29) is 18.0 Å². The zero-order valence-electron chi connectivity index (χ0n) is 20.6. The molecule has 10 heteroatoms. The van der Waals surface area contributed by atoms with E-state index in [0.29, 0.717) is 35.9 Å². The molecule has 0 radical (unpaired) electrons. The van der Waals surface area contributed by atoms with Crippen LogP contribution in [0.4, 0.5) is 5.69 Å². The van der Waals surface area contributed by atoms with Crippen molar-refractivity contribution in [2.45, 2.75) is 32.2 Å². The molecule has 0 saturated heterocycles. The van der Waals surface area contributed by atoms with Gasteiger partial charge < -0.3 is 14.1 Å². The summed E-state index contributed by atoms with van der Waals surface area (Å²) in [6.07, 6.45) is 2.78. The third-order valence-electron chi connectivity index (χ3n) is 6.64. The van der Waals surface area contributed by atoms with Gasteiger partial charge in [0.1, 0.15) is 17.2 Å². The van der Waals surface area contributed by atoms with Crippen molar-refractivity contribution in [2.75, 3.05) is 15.9 Å². The van der Waals surface area contributed by atoms with Gasteiger partial charge in [-0.25, -0.2) is 4.79 Å². The zero-order chi connectivity index (χ0) is 26.8. The lowest BCUT2D eigenvalue weighted by atomic mass is 10.1. The molecule has 3 aromatic carbocycles. The van der Waals surface area contributed by atoms with Crippen LogP contribution in [0.5, 0.6) is 0 Å². The number of benzene rings is 3. The van der Waals surface area contributed by atoms with Crippen LogP contribution in [0, 0.1) is 0 Å². The van der Waals surface area contributed by atoms with Gasteiger partial charge in [-0.3, -0.25) is 23.0 Å². The van der Waals surface area contributed by atoms with E-state index in [1.807, 2.05) is 60.8 Å². The van der Waals surface area contributed by atoms with Crippen molar-refractivity contribution in [3.8, 4) is 0 Å². The molecule has 38 heavy (non-hydrogen) atoms. The number of carboxylic acids is 1. The van der Waals surface area contributed by atoms with Gasteiger partial charge in [-0.15, -0.1) is 0 Å². The average Bonchev–Trinajstić information content (AvgIpc) is 3.48. The highest BCUT2D eigenvalue weighted by Gasteiger charge is 2.27. The highest BCUT2D eigenvalue weighted by molar-refractivity contribution is 7.80. The van der Waals surface area contributed by atoms with Gasteiger partial charge in [0.15, 0.2) is 0 Å². The molecule has 2 aromatic heterocycles. The van der Waals surface area contributed by atoms with Gasteiger partial charge in [0.25, 0.3) is 0 Å². The minimum atomic E-state index is -2.83. The molecule has 2 unspecified atom stereocenters. The van der Waals surface area contributed by atoms with Crippen molar-refractivity contribution in [3.05, 3.63) is 79.0 Å². The van der Waals surface area contributed by atoms with E-state index in [1.54, 1.807) is 27.9 Å². The number of carbonyl (C=O) groups excluding carboxylic acids is 1. The van der Waals surface area contributed by atoms with E-state index in [9.17, 15) is 23.5 Å². The fourth-order valence-corrected chi connectivity index (χ4v) is 5.55. The number of hydrogen-bond donors (Lipinski definition) is 1. The summed E-state index contributed by atoms with van der Waals surface area (Å²) in [6.45, 7) is 1.83. The Bertz CT molecular complexity index is 1660. The molecule has 0 aliphatic rings. The number of aromatic nitrogens is 1. The molecular weight excluding hydrogens is 506 g/mol. The van der Waals surface area contributed by atoms with Crippen LogP contribution in [-0.2, 0) is 20.9 Å². The molecule has 0 spiro atoms. The number of aliphatic carboxylic acids is 1. The van der Waals surface area contributed by atoms with Gasteiger partial charge in [0, 0.05) is 47.1 Å². The summed E-state index contributed by atoms with van der Waals surface area (Å²) in [5, 5.41) is 14.1. The Hall–Kier alpha value is -4.15. The molecule has 196 valence electrons. The Morgan fingerprint density at radius 2 is 1.74 bits per heavy atom. The van der Waals surface area contributed by atoms with Crippen molar-refractivity contribution in [2.24, 2.45) is 0 Å². The number of amides is 1.